The molecule has 1 N–H and O–H groups in total. The van der Waals surface area contributed by atoms with Crippen molar-refractivity contribution in [2.45, 2.75) is 25.8 Å². The van der Waals surface area contributed by atoms with Gasteiger partial charge in [0.1, 0.15) is 5.82 Å². The zero-order chi connectivity index (χ0) is 12.7. The van der Waals surface area contributed by atoms with E-state index in [-0.39, 0.29) is 11.5 Å². The minimum Gasteiger partial charge on any atom is -0.363 e. The highest BCUT2D eigenvalue weighted by Crippen LogP contribution is 2.30. The van der Waals surface area contributed by atoms with Gasteiger partial charge in [-0.2, -0.15) is 0 Å². The molecule has 1 aliphatic heterocycles. The third kappa shape index (κ3) is 2.98. The molecule has 0 radical (unpaired) electrons. The fourth-order valence-electron chi connectivity index (χ4n) is 2.02. The van der Waals surface area contributed by atoms with Crippen LogP contribution in [0, 0.1) is 6.92 Å². The van der Waals surface area contributed by atoms with Crippen LogP contribution in [0.25, 0.3) is 0 Å². The first-order valence-electron chi connectivity index (χ1n) is 5.40. The molecule has 0 aliphatic carbocycles. The van der Waals surface area contributed by atoms with Crippen LogP contribution in [0.1, 0.15) is 18.9 Å². The molecule has 0 aromatic carbocycles. The second kappa shape index (κ2) is 4.24. The average molecular weight is 319 g/mol. The van der Waals surface area contributed by atoms with Crippen LogP contribution in [0.5, 0.6) is 0 Å². The molecule has 0 saturated carbocycles. The normalized spacial score (nSPS) is 27.0. The van der Waals surface area contributed by atoms with E-state index in [0.717, 1.165) is 10.0 Å². The molecule has 1 saturated heterocycles. The average Bonchev–Trinajstić information content (AvgIpc) is 2.46. The van der Waals surface area contributed by atoms with Crippen molar-refractivity contribution in [3.05, 3.63) is 22.3 Å². The summed E-state index contributed by atoms with van der Waals surface area (Å²) >= 11 is 3.43. The number of rotatable bonds is 2. The quantitative estimate of drug-likeness (QED) is 0.907. The maximum absolute atomic E-state index is 11.5. The van der Waals surface area contributed by atoms with Crippen molar-refractivity contribution in [1.29, 1.82) is 0 Å². The largest absolute Gasteiger partial charge is 0.363 e. The Labute approximate surface area is 110 Å². The molecule has 2 rings (SSSR count). The van der Waals surface area contributed by atoms with Gasteiger partial charge < -0.3 is 5.32 Å². The molecule has 1 aromatic rings. The number of anilines is 1. The smallest absolute Gasteiger partial charge is 0.152 e. The Morgan fingerprint density at radius 3 is 2.76 bits per heavy atom. The van der Waals surface area contributed by atoms with Crippen molar-refractivity contribution in [1.82, 2.24) is 4.98 Å². The summed E-state index contributed by atoms with van der Waals surface area (Å²) in [5, 5.41) is 3.23. The van der Waals surface area contributed by atoms with Crippen molar-refractivity contribution in [3.8, 4) is 0 Å². The van der Waals surface area contributed by atoms with Crippen LogP contribution < -0.4 is 5.32 Å². The van der Waals surface area contributed by atoms with Gasteiger partial charge in [0.2, 0.25) is 0 Å². The first-order chi connectivity index (χ1) is 7.80. The van der Waals surface area contributed by atoms with Gasteiger partial charge >= 0.3 is 0 Å². The van der Waals surface area contributed by atoms with E-state index in [1.165, 1.54) is 0 Å². The van der Waals surface area contributed by atoms with E-state index in [1.807, 2.05) is 19.9 Å². The molecule has 2 heterocycles. The summed E-state index contributed by atoms with van der Waals surface area (Å²) in [6, 6.07) is 1.96. The third-order valence-electron chi connectivity index (χ3n) is 2.90. The molecule has 6 heteroatoms. The Kier molecular flexibility index (Phi) is 3.20. The molecule has 1 unspecified atom stereocenters. The molecule has 1 fully saturated rings. The van der Waals surface area contributed by atoms with Crippen molar-refractivity contribution >= 4 is 31.6 Å². The third-order valence-corrected chi connectivity index (χ3v) is 5.41. The Morgan fingerprint density at radius 2 is 2.24 bits per heavy atom. The number of nitrogens with one attached hydrogen (secondary N) is 1. The number of aromatic nitrogens is 1. The van der Waals surface area contributed by atoms with Crippen LogP contribution in [0.3, 0.4) is 0 Å². The molecular formula is C11H15BrN2O2S. The molecular weight excluding hydrogens is 304 g/mol. The molecule has 1 atom stereocenters. The highest BCUT2D eigenvalue weighted by Gasteiger charge is 2.38. The van der Waals surface area contributed by atoms with Crippen LogP contribution in [-0.4, -0.2) is 30.4 Å². The maximum Gasteiger partial charge on any atom is 0.152 e. The van der Waals surface area contributed by atoms with Gasteiger partial charge in [-0.15, -0.1) is 0 Å². The van der Waals surface area contributed by atoms with E-state index in [9.17, 15) is 8.42 Å². The predicted molar refractivity (Wildman–Crippen MR) is 72.0 cm³/mol. The fraction of sp³-hybridized carbons (Fsp3) is 0.545. The summed E-state index contributed by atoms with van der Waals surface area (Å²) in [6.45, 7) is 3.88. The SMILES string of the molecule is Cc1cnc(NC2(C)CCS(=O)(=O)C2)c(Br)c1. The number of hydrogen-bond acceptors (Lipinski definition) is 4. The molecule has 0 spiro atoms. The Hall–Kier alpha value is -0.620. The molecule has 94 valence electrons. The molecule has 0 amide bonds. The Bertz CT molecular complexity index is 544. The second-order valence-electron chi connectivity index (χ2n) is 4.87. The highest BCUT2D eigenvalue weighted by molar-refractivity contribution is 9.10. The van der Waals surface area contributed by atoms with Crippen LogP contribution >= 0.6 is 15.9 Å². The van der Waals surface area contributed by atoms with E-state index in [4.69, 9.17) is 0 Å². The molecule has 4 nitrogen and oxygen atoms in total. The summed E-state index contributed by atoms with van der Waals surface area (Å²) < 4.78 is 23.9. The van der Waals surface area contributed by atoms with E-state index in [1.54, 1.807) is 6.20 Å². The fourth-order valence-corrected chi connectivity index (χ4v) is 4.68. The summed E-state index contributed by atoms with van der Waals surface area (Å²) in [4.78, 5) is 4.28. The van der Waals surface area contributed by atoms with Crippen LogP contribution in [0.2, 0.25) is 0 Å². The second-order valence-corrected chi connectivity index (χ2v) is 7.91. The number of halogens is 1. The molecule has 0 bridgehead atoms. The molecule has 17 heavy (non-hydrogen) atoms. The molecule has 1 aromatic heterocycles. The minimum atomic E-state index is -2.90. The van der Waals surface area contributed by atoms with Crippen LogP contribution in [-0.2, 0) is 9.84 Å². The Morgan fingerprint density at radius 1 is 1.53 bits per heavy atom. The van der Waals surface area contributed by atoms with E-state index in [2.05, 4.69) is 26.2 Å². The van der Waals surface area contributed by atoms with Gasteiger partial charge in [-0.3, -0.25) is 0 Å². The number of hydrogen-bond donors (Lipinski definition) is 1. The lowest BCUT2D eigenvalue weighted by Crippen LogP contribution is -2.36. The summed E-state index contributed by atoms with van der Waals surface area (Å²) in [5.74, 6) is 1.12. The van der Waals surface area contributed by atoms with Gasteiger partial charge in [-0.25, -0.2) is 13.4 Å². The van der Waals surface area contributed by atoms with Crippen molar-refractivity contribution in [3.63, 3.8) is 0 Å². The first kappa shape index (κ1) is 12.8. The molecule has 1 aliphatic rings. The van der Waals surface area contributed by atoms with E-state index in [0.29, 0.717) is 12.2 Å². The van der Waals surface area contributed by atoms with Gasteiger partial charge in [-0.05, 0) is 47.8 Å². The Balaban J connectivity index is 2.22. The summed E-state index contributed by atoms with van der Waals surface area (Å²) in [7, 11) is -2.90. The van der Waals surface area contributed by atoms with Crippen molar-refractivity contribution in [2.75, 3.05) is 16.8 Å². The lowest BCUT2D eigenvalue weighted by atomic mass is 10.0. The van der Waals surface area contributed by atoms with Gasteiger partial charge in [0.15, 0.2) is 9.84 Å². The zero-order valence-corrected chi connectivity index (χ0v) is 12.2. The number of pyridine rings is 1. The van der Waals surface area contributed by atoms with Crippen molar-refractivity contribution in [2.24, 2.45) is 0 Å². The lowest BCUT2D eigenvalue weighted by Gasteiger charge is -2.25. The highest BCUT2D eigenvalue weighted by atomic mass is 79.9. The zero-order valence-electron chi connectivity index (χ0n) is 9.83. The van der Waals surface area contributed by atoms with Gasteiger partial charge in [0.05, 0.1) is 21.5 Å². The van der Waals surface area contributed by atoms with E-state index < -0.39 is 15.4 Å². The predicted octanol–water partition coefficient (Wildman–Crippen LogP) is 2.14. The standard InChI is InChI=1S/C11H15BrN2O2S/c1-8-5-9(12)10(13-6-8)14-11(2)3-4-17(15,16)7-11/h5-6H,3-4,7H2,1-2H3,(H,13,14). The summed E-state index contributed by atoms with van der Waals surface area (Å²) in [5.41, 5.74) is 0.649. The number of sulfone groups is 1. The number of nitrogens with zero attached hydrogens (tertiary/aromatic N) is 1. The monoisotopic (exact) mass is 318 g/mol. The lowest BCUT2D eigenvalue weighted by molar-refractivity contribution is 0.571. The minimum absolute atomic E-state index is 0.169. The van der Waals surface area contributed by atoms with Gasteiger partial charge in [-0.1, -0.05) is 0 Å². The first-order valence-corrected chi connectivity index (χ1v) is 8.02. The van der Waals surface area contributed by atoms with Gasteiger partial charge in [0, 0.05) is 6.20 Å². The van der Waals surface area contributed by atoms with E-state index >= 15 is 0 Å². The number of aryl methyl sites for hydroxylation is 1. The van der Waals surface area contributed by atoms with Crippen LogP contribution in [0.4, 0.5) is 5.82 Å². The maximum atomic E-state index is 11.5. The topological polar surface area (TPSA) is 59.1 Å². The van der Waals surface area contributed by atoms with Crippen molar-refractivity contribution < 1.29 is 8.42 Å². The van der Waals surface area contributed by atoms with Crippen LogP contribution in [0.15, 0.2) is 16.7 Å². The van der Waals surface area contributed by atoms with Gasteiger partial charge in [0.25, 0.3) is 0 Å². The summed E-state index contributed by atoms with van der Waals surface area (Å²) in [6.07, 6.45) is 2.39.